The van der Waals surface area contributed by atoms with Crippen LogP contribution in [0.25, 0.3) is 0 Å². The first-order valence-electron chi connectivity index (χ1n) is 7.14. The van der Waals surface area contributed by atoms with Crippen LogP contribution < -0.4 is 0 Å². The molecule has 0 saturated heterocycles. The standard InChI is InChI=1S/C13H31N2O4P/c1-10(2)14(11(3)4)17-20(19-16-9)18-15(12(5)6)13(7)8/h10-13H,1-9H3. The van der Waals surface area contributed by atoms with Crippen molar-refractivity contribution in [3.05, 3.63) is 0 Å². The van der Waals surface area contributed by atoms with E-state index in [0.717, 1.165) is 0 Å². The molecule has 122 valence electrons. The predicted molar refractivity (Wildman–Crippen MR) is 81.4 cm³/mol. The fourth-order valence-corrected chi connectivity index (χ4v) is 3.09. The molecule has 0 aromatic heterocycles. The van der Waals surface area contributed by atoms with Crippen LogP contribution in [0.15, 0.2) is 0 Å². The smallest absolute Gasteiger partial charge is 0.232 e. The van der Waals surface area contributed by atoms with Crippen molar-refractivity contribution in [2.24, 2.45) is 0 Å². The second-order valence-corrected chi connectivity index (χ2v) is 6.65. The second kappa shape index (κ2) is 10.0. The summed E-state index contributed by atoms with van der Waals surface area (Å²) in [6.45, 7) is 16.5. The van der Waals surface area contributed by atoms with Crippen molar-refractivity contribution < 1.29 is 18.8 Å². The molecule has 0 fully saturated rings. The summed E-state index contributed by atoms with van der Waals surface area (Å²) >= 11 is 0. The molecule has 0 aromatic rings. The van der Waals surface area contributed by atoms with Crippen LogP contribution in [0.3, 0.4) is 0 Å². The molecule has 0 radical (unpaired) electrons. The minimum atomic E-state index is -1.64. The van der Waals surface area contributed by atoms with Crippen LogP contribution in [0, 0.1) is 0 Å². The number of hydroxylamine groups is 4. The van der Waals surface area contributed by atoms with Crippen molar-refractivity contribution in [2.45, 2.75) is 79.6 Å². The Morgan fingerprint density at radius 3 is 1.15 bits per heavy atom. The minimum Gasteiger partial charge on any atom is -0.232 e. The zero-order valence-corrected chi connectivity index (χ0v) is 15.2. The van der Waals surface area contributed by atoms with Crippen LogP contribution >= 0.6 is 8.60 Å². The summed E-state index contributed by atoms with van der Waals surface area (Å²) in [6, 6.07) is 0.873. The average molecular weight is 310 g/mol. The molecule has 0 spiro atoms. The number of rotatable bonds is 10. The molecule has 0 unspecified atom stereocenters. The third-order valence-corrected chi connectivity index (χ3v) is 3.41. The van der Waals surface area contributed by atoms with E-state index in [1.54, 1.807) is 0 Å². The molecular weight excluding hydrogens is 279 g/mol. The topological polar surface area (TPSA) is 43.4 Å². The van der Waals surface area contributed by atoms with E-state index in [1.807, 2.05) is 10.1 Å². The first kappa shape index (κ1) is 20.2. The average Bonchev–Trinajstić information content (AvgIpc) is 2.30. The fraction of sp³-hybridized carbons (Fsp3) is 1.00. The molecule has 0 bridgehead atoms. The van der Waals surface area contributed by atoms with Gasteiger partial charge in [-0.25, -0.2) is 14.1 Å². The lowest BCUT2D eigenvalue weighted by Crippen LogP contribution is -2.39. The molecule has 7 heteroatoms. The highest BCUT2D eigenvalue weighted by Crippen LogP contribution is 2.43. The SMILES string of the molecule is COOP(ON(C(C)C)C(C)C)ON(C(C)C)C(C)C. The van der Waals surface area contributed by atoms with E-state index >= 15 is 0 Å². The van der Waals surface area contributed by atoms with Gasteiger partial charge < -0.3 is 0 Å². The highest BCUT2D eigenvalue weighted by Gasteiger charge is 2.28. The zero-order valence-electron chi connectivity index (χ0n) is 14.3. The van der Waals surface area contributed by atoms with Gasteiger partial charge in [-0.1, -0.05) is 0 Å². The van der Waals surface area contributed by atoms with Crippen LogP contribution in [0.4, 0.5) is 0 Å². The van der Waals surface area contributed by atoms with Gasteiger partial charge in [0.25, 0.3) is 0 Å². The quantitative estimate of drug-likeness (QED) is 0.346. The normalized spacial score (nSPS) is 13.2. The van der Waals surface area contributed by atoms with E-state index in [2.05, 4.69) is 55.4 Å². The van der Waals surface area contributed by atoms with Gasteiger partial charge in [0.1, 0.15) is 0 Å². The Morgan fingerprint density at radius 2 is 0.950 bits per heavy atom. The van der Waals surface area contributed by atoms with Crippen LogP contribution in [-0.2, 0) is 18.8 Å². The van der Waals surface area contributed by atoms with Gasteiger partial charge in [-0.2, -0.15) is 14.8 Å². The largest absolute Gasteiger partial charge is 0.399 e. The van der Waals surface area contributed by atoms with Gasteiger partial charge in [0.2, 0.25) is 0 Å². The van der Waals surface area contributed by atoms with Gasteiger partial charge in [0.15, 0.2) is 0 Å². The van der Waals surface area contributed by atoms with E-state index in [0.29, 0.717) is 0 Å². The summed E-state index contributed by atoms with van der Waals surface area (Å²) in [7, 11) is -0.189. The molecule has 20 heavy (non-hydrogen) atoms. The summed E-state index contributed by atoms with van der Waals surface area (Å²) in [5.74, 6) is 0. The third-order valence-electron chi connectivity index (χ3n) is 2.49. The molecule has 0 aliphatic rings. The fourth-order valence-electron chi connectivity index (χ4n) is 1.83. The highest BCUT2D eigenvalue weighted by atomic mass is 31.2. The highest BCUT2D eigenvalue weighted by molar-refractivity contribution is 7.41. The van der Waals surface area contributed by atoms with Crippen molar-refractivity contribution >= 4 is 8.60 Å². The van der Waals surface area contributed by atoms with E-state index in [-0.39, 0.29) is 24.2 Å². The lowest BCUT2D eigenvalue weighted by atomic mass is 10.3. The summed E-state index contributed by atoms with van der Waals surface area (Å²) < 4.78 is 16.8. The van der Waals surface area contributed by atoms with E-state index in [4.69, 9.17) is 18.8 Å². The molecule has 0 saturated carbocycles. The van der Waals surface area contributed by atoms with Crippen LogP contribution in [0.1, 0.15) is 55.4 Å². The molecule has 0 aromatic carbocycles. The Balaban J connectivity index is 4.77. The maximum absolute atomic E-state index is 5.83. The lowest BCUT2D eigenvalue weighted by molar-refractivity contribution is -0.243. The molecule has 0 rings (SSSR count). The Hall–Kier alpha value is 0.190. The van der Waals surface area contributed by atoms with E-state index in [1.165, 1.54) is 7.11 Å². The van der Waals surface area contributed by atoms with Crippen LogP contribution in [0.2, 0.25) is 0 Å². The summed E-state index contributed by atoms with van der Waals surface area (Å²) in [5.41, 5.74) is 0. The molecule has 0 aliphatic carbocycles. The van der Waals surface area contributed by atoms with E-state index in [9.17, 15) is 0 Å². The van der Waals surface area contributed by atoms with Crippen LogP contribution in [0.5, 0.6) is 0 Å². The second-order valence-electron chi connectivity index (χ2n) is 5.72. The van der Waals surface area contributed by atoms with E-state index < -0.39 is 8.60 Å². The monoisotopic (exact) mass is 310 g/mol. The molecule has 0 heterocycles. The molecule has 6 nitrogen and oxygen atoms in total. The van der Waals surface area contributed by atoms with Gasteiger partial charge in [0, 0.05) is 24.2 Å². The Kier molecular flexibility index (Phi) is 10.1. The Bertz CT molecular complexity index is 215. The summed E-state index contributed by atoms with van der Waals surface area (Å²) in [6.07, 6.45) is 0. The van der Waals surface area contributed by atoms with Gasteiger partial charge in [0.05, 0.1) is 7.11 Å². The maximum Gasteiger partial charge on any atom is 0.399 e. The van der Waals surface area contributed by atoms with Gasteiger partial charge in [-0.15, -0.1) is 0 Å². The molecule has 0 aliphatic heterocycles. The number of nitrogens with zero attached hydrogens (tertiary/aromatic N) is 2. The van der Waals surface area contributed by atoms with Gasteiger partial charge in [-0.05, 0) is 55.4 Å². The first-order valence-corrected chi connectivity index (χ1v) is 8.23. The van der Waals surface area contributed by atoms with Crippen LogP contribution in [-0.4, -0.2) is 41.4 Å². The number of hydrogen-bond acceptors (Lipinski definition) is 6. The van der Waals surface area contributed by atoms with Gasteiger partial charge >= 0.3 is 8.60 Å². The van der Waals surface area contributed by atoms with Gasteiger partial charge in [-0.3, -0.25) is 0 Å². The molecular formula is C13H31N2O4P. The van der Waals surface area contributed by atoms with Crippen molar-refractivity contribution in [1.82, 2.24) is 10.1 Å². The first-order chi connectivity index (χ1) is 9.20. The van der Waals surface area contributed by atoms with Crippen molar-refractivity contribution in [2.75, 3.05) is 7.11 Å². The number of hydrogen-bond donors (Lipinski definition) is 0. The Labute approximate surface area is 125 Å². The Morgan fingerprint density at radius 1 is 0.650 bits per heavy atom. The van der Waals surface area contributed by atoms with Crippen molar-refractivity contribution in [3.63, 3.8) is 0 Å². The summed E-state index contributed by atoms with van der Waals surface area (Å²) in [4.78, 5) is 4.75. The third kappa shape index (κ3) is 7.27. The van der Waals surface area contributed by atoms with Crippen molar-refractivity contribution in [1.29, 1.82) is 0 Å². The van der Waals surface area contributed by atoms with Crippen molar-refractivity contribution in [3.8, 4) is 0 Å². The zero-order chi connectivity index (χ0) is 15.9. The summed E-state index contributed by atoms with van der Waals surface area (Å²) in [5, 5.41) is 3.70. The minimum absolute atomic E-state index is 0.218. The maximum atomic E-state index is 5.83. The molecule has 0 amide bonds. The molecule has 0 atom stereocenters. The lowest BCUT2D eigenvalue weighted by Gasteiger charge is -2.34. The predicted octanol–water partition coefficient (Wildman–Crippen LogP) is 3.89. The molecule has 0 N–H and O–H groups in total.